The first-order valence-electron chi connectivity index (χ1n) is 8.78. The van der Waals surface area contributed by atoms with E-state index in [1.807, 2.05) is 6.07 Å². The highest BCUT2D eigenvalue weighted by Gasteiger charge is 2.17. The van der Waals surface area contributed by atoms with Gasteiger partial charge in [-0.3, -0.25) is 4.79 Å². The van der Waals surface area contributed by atoms with Crippen molar-refractivity contribution in [1.29, 1.82) is 0 Å². The van der Waals surface area contributed by atoms with Crippen molar-refractivity contribution in [1.82, 2.24) is 9.71 Å². The van der Waals surface area contributed by atoms with Gasteiger partial charge in [0.2, 0.25) is 15.9 Å². The summed E-state index contributed by atoms with van der Waals surface area (Å²) in [5.41, 5.74) is 0.966. The number of hydrogen-bond acceptors (Lipinski definition) is 6. The molecule has 0 radical (unpaired) electrons. The smallest absolute Gasteiger partial charge is 0.242 e. The summed E-state index contributed by atoms with van der Waals surface area (Å²) in [6, 6.07) is 9.73. The second-order valence-corrected chi connectivity index (χ2v) is 8.27. The molecule has 0 unspecified atom stereocenters. The van der Waals surface area contributed by atoms with Crippen LogP contribution in [0, 0.1) is 0 Å². The van der Waals surface area contributed by atoms with Crippen molar-refractivity contribution in [2.45, 2.75) is 11.3 Å². The highest BCUT2D eigenvalue weighted by Crippen LogP contribution is 2.20. The maximum Gasteiger partial charge on any atom is 0.242 e. The quantitative estimate of drug-likeness (QED) is 0.703. The lowest BCUT2D eigenvalue weighted by Gasteiger charge is -2.28. The van der Waals surface area contributed by atoms with Crippen molar-refractivity contribution in [2.75, 3.05) is 43.1 Å². The molecule has 2 heterocycles. The molecule has 2 N–H and O–H groups in total. The van der Waals surface area contributed by atoms with E-state index in [0.717, 1.165) is 18.8 Å². The van der Waals surface area contributed by atoms with Gasteiger partial charge in [-0.25, -0.2) is 18.1 Å². The van der Waals surface area contributed by atoms with Crippen LogP contribution in [0.5, 0.6) is 0 Å². The lowest BCUT2D eigenvalue weighted by molar-refractivity contribution is -0.116. The number of aromatic nitrogens is 1. The number of nitrogens with zero attached hydrogens (tertiary/aromatic N) is 2. The molecule has 8 nitrogen and oxygen atoms in total. The van der Waals surface area contributed by atoms with Crippen LogP contribution < -0.4 is 14.9 Å². The Hall–Kier alpha value is -2.20. The highest BCUT2D eigenvalue weighted by atomic mass is 35.5. The van der Waals surface area contributed by atoms with Crippen molar-refractivity contribution in [3.8, 4) is 0 Å². The van der Waals surface area contributed by atoms with Crippen LogP contribution in [0.4, 0.5) is 11.5 Å². The lowest BCUT2D eigenvalue weighted by Crippen LogP contribution is -2.36. The van der Waals surface area contributed by atoms with Gasteiger partial charge in [0.05, 0.1) is 30.1 Å². The van der Waals surface area contributed by atoms with Gasteiger partial charge in [0.1, 0.15) is 10.7 Å². The Kier molecular flexibility index (Phi) is 6.84. The fourth-order valence-electron chi connectivity index (χ4n) is 2.71. The summed E-state index contributed by atoms with van der Waals surface area (Å²) in [5, 5.41) is 2.78. The first kappa shape index (κ1) is 20.5. The molecule has 150 valence electrons. The molecule has 0 atom stereocenters. The molecule has 0 spiro atoms. The summed E-state index contributed by atoms with van der Waals surface area (Å²) in [6.07, 6.45) is 1.66. The van der Waals surface area contributed by atoms with Gasteiger partial charge < -0.3 is 15.0 Å². The minimum absolute atomic E-state index is 0.0163. The van der Waals surface area contributed by atoms with Gasteiger partial charge in [0, 0.05) is 26.1 Å². The standard InChI is InChI=1S/C18H21ClN4O4S/c19-15-3-1-2-4-16(15)28(25,26)21-8-7-18(24)22-17-6-5-14(13-20-17)23-9-11-27-12-10-23/h1-6,13,21H,7-12H2,(H,20,22,24). The van der Waals surface area contributed by atoms with E-state index in [0.29, 0.717) is 19.0 Å². The van der Waals surface area contributed by atoms with Gasteiger partial charge in [-0.15, -0.1) is 0 Å². The molecule has 0 aliphatic carbocycles. The van der Waals surface area contributed by atoms with Gasteiger partial charge in [0.25, 0.3) is 0 Å². The molecule has 10 heteroatoms. The van der Waals surface area contributed by atoms with Gasteiger partial charge >= 0.3 is 0 Å². The Labute approximate surface area is 168 Å². The molecule has 0 saturated carbocycles. The average Bonchev–Trinajstić information content (AvgIpc) is 2.69. The number of morpholine rings is 1. The predicted octanol–water partition coefficient (Wildman–Crippen LogP) is 1.88. The summed E-state index contributed by atoms with van der Waals surface area (Å²) in [4.78, 5) is 18.4. The van der Waals surface area contributed by atoms with Crippen LogP contribution in [-0.4, -0.2) is 52.2 Å². The van der Waals surface area contributed by atoms with Crippen molar-refractivity contribution >= 4 is 39.0 Å². The van der Waals surface area contributed by atoms with Gasteiger partial charge in [-0.05, 0) is 24.3 Å². The van der Waals surface area contributed by atoms with E-state index in [2.05, 4.69) is 19.9 Å². The fraction of sp³-hybridized carbons (Fsp3) is 0.333. The number of benzene rings is 1. The number of carbonyl (C=O) groups excluding carboxylic acids is 1. The number of sulfonamides is 1. The molecule has 1 saturated heterocycles. The molecule has 3 rings (SSSR count). The third kappa shape index (κ3) is 5.41. The van der Waals surface area contributed by atoms with E-state index >= 15 is 0 Å². The summed E-state index contributed by atoms with van der Waals surface area (Å²) in [5.74, 6) is 0.0736. The molecular formula is C18H21ClN4O4S. The SMILES string of the molecule is O=C(CCNS(=O)(=O)c1ccccc1Cl)Nc1ccc(N2CCOCC2)cn1. The number of carbonyl (C=O) groups is 1. The number of rotatable bonds is 7. The molecule has 1 aliphatic rings. The average molecular weight is 425 g/mol. The number of nitrogens with one attached hydrogen (secondary N) is 2. The second kappa shape index (κ2) is 9.33. The first-order valence-corrected chi connectivity index (χ1v) is 10.6. The zero-order valence-electron chi connectivity index (χ0n) is 15.1. The van der Waals surface area contributed by atoms with Crippen LogP contribution in [0.1, 0.15) is 6.42 Å². The number of amides is 1. The minimum Gasteiger partial charge on any atom is -0.378 e. The van der Waals surface area contributed by atoms with E-state index in [-0.39, 0.29) is 28.8 Å². The normalized spacial score (nSPS) is 14.7. The Balaban J connectivity index is 1.48. The van der Waals surface area contributed by atoms with Crippen LogP contribution in [0.2, 0.25) is 5.02 Å². The molecule has 1 aliphatic heterocycles. The largest absolute Gasteiger partial charge is 0.378 e. The summed E-state index contributed by atoms with van der Waals surface area (Å²) < 4.78 is 32.1. The van der Waals surface area contributed by atoms with Crippen molar-refractivity contribution in [2.24, 2.45) is 0 Å². The highest BCUT2D eigenvalue weighted by molar-refractivity contribution is 7.89. The van der Waals surface area contributed by atoms with Crippen molar-refractivity contribution < 1.29 is 17.9 Å². The Morgan fingerprint density at radius 2 is 1.93 bits per heavy atom. The molecule has 0 bridgehead atoms. The monoisotopic (exact) mass is 424 g/mol. The van der Waals surface area contributed by atoms with E-state index in [9.17, 15) is 13.2 Å². The zero-order valence-corrected chi connectivity index (χ0v) is 16.7. The first-order chi connectivity index (χ1) is 13.5. The summed E-state index contributed by atoms with van der Waals surface area (Å²) >= 11 is 5.91. The third-order valence-electron chi connectivity index (χ3n) is 4.16. The Morgan fingerprint density at radius 3 is 2.61 bits per heavy atom. The van der Waals surface area contributed by atoms with Crippen LogP contribution in [0.3, 0.4) is 0 Å². The summed E-state index contributed by atoms with van der Waals surface area (Å²) in [7, 11) is -3.77. The maximum atomic E-state index is 12.2. The number of ether oxygens (including phenoxy) is 1. The molecule has 28 heavy (non-hydrogen) atoms. The number of hydrogen-bond donors (Lipinski definition) is 2. The minimum atomic E-state index is -3.77. The van der Waals surface area contributed by atoms with E-state index in [4.69, 9.17) is 16.3 Å². The van der Waals surface area contributed by atoms with Gasteiger partial charge in [0.15, 0.2) is 0 Å². The number of anilines is 2. The van der Waals surface area contributed by atoms with E-state index < -0.39 is 10.0 Å². The van der Waals surface area contributed by atoms with Gasteiger partial charge in [-0.2, -0.15) is 0 Å². The maximum absolute atomic E-state index is 12.2. The van der Waals surface area contributed by atoms with Crippen LogP contribution in [-0.2, 0) is 19.6 Å². The molecular weight excluding hydrogens is 404 g/mol. The topological polar surface area (TPSA) is 101 Å². The summed E-state index contributed by atoms with van der Waals surface area (Å²) in [6.45, 7) is 2.92. The fourth-order valence-corrected chi connectivity index (χ4v) is 4.26. The Bertz CT molecular complexity index is 915. The van der Waals surface area contributed by atoms with E-state index in [1.165, 1.54) is 12.1 Å². The molecule has 1 aromatic heterocycles. The van der Waals surface area contributed by atoms with Crippen molar-refractivity contribution in [3.63, 3.8) is 0 Å². The molecule has 2 aromatic rings. The second-order valence-electron chi connectivity index (χ2n) is 6.13. The van der Waals surface area contributed by atoms with Gasteiger partial charge in [-0.1, -0.05) is 23.7 Å². The number of pyridine rings is 1. The van der Waals surface area contributed by atoms with Crippen molar-refractivity contribution in [3.05, 3.63) is 47.6 Å². The lowest BCUT2D eigenvalue weighted by atomic mass is 10.3. The van der Waals surface area contributed by atoms with E-state index in [1.54, 1.807) is 24.4 Å². The predicted molar refractivity (Wildman–Crippen MR) is 107 cm³/mol. The van der Waals surface area contributed by atoms with Crippen LogP contribution in [0.15, 0.2) is 47.5 Å². The third-order valence-corrected chi connectivity index (χ3v) is 6.12. The zero-order chi connectivity index (χ0) is 20.0. The molecule has 1 fully saturated rings. The van der Waals surface area contributed by atoms with Crippen LogP contribution >= 0.6 is 11.6 Å². The van der Waals surface area contributed by atoms with Crippen LogP contribution in [0.25, 0.3) is 0 Å². The number of halogens is 1. The Morgan fingerprint density at radius 1 is 1.18 bits per heavy atom. The molecule has 1 aromatic carbocycles. The molecule has 1 amide bonds.